The molecule has 1 rings (SSSR count). The van der Waals surface area contributed by atoms with Gasteiger partial charge in [0.25, 0.3) is 0 Å². The van der Waals surface area contributed by atoms with Gasteiger partial charge in [-0.1, -0.05) is 0 Å². The van der Waals surface area contributed by atoms with E-state index in [1.165, 1.54) is 0 Å². The Morgan fingerprint density at radius 1 is 1.50 bits per heavy atom. The van der Waals surface area contributed by atoms with Crippen molar-refractivity contribution in [2.24, 2.45) is 0 Å². The van der Waals surface area contributed by atoms with Crippen LogP contribution in [0.25, 0.3) is 0 Å². The molecule has 4 nitrogen and oxygen atoms in total. The summed E-state index contributed by atoms with van der Waals surface area (Å²) in [5, 5.41) is 7.31. The summed E-state index contributed by atoms with van der Waals surface area (Å²) in [6, 6.07) is 1.71. The third kappa shape index (κ3) is 1.15. The number of ether oxygens (including phenoxy) is 1. The summed E-state index contributed by atoms with van der Waals surface area (Å²) >= 11 is 0. The van der Waals surface area contributed by atoms with E-state index in [0.717, 1.165) is 5.56 Å². The Morgan fingerprint density at radius 3 is 2.70 bits per heavy atom. The van der Waals surface area contributed by atoms with Crippen molar-refractivity contribution in [3.05, 3.63) is 11.6 Å². The highest BCUT2D eigenvalue weighted by Crippen LogP contribution is 2.12. The van der Waals surface area contributed by atoms with Gasteiger partial charge in [-0.25, -0.2) is 0 Å². The second-order valence-electron chi connectivity index (χ2n) is 1.96. The number of nitrogens with two attached hydrogens (primary N) is 1. The topological polar surface area (TPSA) is 61.0 Å². The lowest BCUT2D eigenvalue weighted by atomic mass is 10.3. The number of nitrogen functional groups attached to an aromatic ring is 1. The lowest BCUT2D eigenvalue weighted by Crippen LogP contribution is -1.97. The molecule has 0 spiro atoms. The van der Waals surface area contributed by atoms with Crippen molar-refractivity contribution in [3.63, 3.8) is 0 Å². The molecule has 2 N–H and O–H groups in total. The lowest BCUT2D eigenvalue weighted by Gasteiger charge is -2.00. The quantitative estimate of drug-likeness (QED) is 0.610. The molecule has 0 aliphatic rings. The van der Waals surface area contributed by atoms with Gasteiger partial charge in [0.05, 0.1) is 7.11 Å². The molecule has 0 radical (unpaired) electrons. The minimum absolute atomic E-state index is 0.415. The van der Waals surface area contributed by atoms with E-state index in [9.17, 15) is 0 Å². The fraction of sp³-hybridized carbons (Fsp3) is 0.333. The summed E-state index contributed by atoms with van der Waals surface area (Å²) in [5.74, 6) is 0.938. The molecule has 0 saturated heterocycles. The Balaban J connectivity index is 3.07. The van der Waals surface area contributed by atoms with E-state index in [-0.39, 0.29) is 0 Å². The predicted octanol–water partition coefficient (Wildman–Crippen LogP) is 0.376. The molecular weight excluding hydrogens is 130 g/mol. The van der Waals surface area contributed by atoms with Gasteiger partial charge in [-0.2, -0.15) is 0 Å². The van der Waals surface area contributed by atoms with Crippen LogP contribution in [0.5, 0.6) is 5.88 Å². The van der Waals surface area contributed by atoms with Crippen LogP contribution in [-0.2, 0) is 0 Å². The number of methoxy groups -OCH3 is 1. The van der Waals surface area contributed by atoms with E-state index in [1.807, 2.05) is 6.92 Å². The third-order valence-electron chi connectivity index (χ3n) is 1.15. The Hall–Kier alpha value is -1.32. The normalized spacial score (nSPS) is 9.40. The van der Waals surface area contributed by atoms with E-state index in [2.05, 4.69) is 10.2 Å². The van der Waals surface area contributed by atoms with E-state index in [4.69, 9.17) is 10.5 Å². The molecule has 10 heavy (non-hydrogen) atoms. The van der Waals surface area contributed by atoms with Crippen molar-refractivity contribution < 1.29 is 4.74 Å². The van der Waals surface area contributed by atoms with Crippen LogP contribution in [-0.4, -0.2) is 17.3 Å². The molecule has 1 aromatic heterocycles. The maximum Gasteiger partial charge on any atom is 0.236 e. The van der Waals surface area contributed by atoms with E-state index in [1.54, 1.807) is 13.2 Å². The fourth-order valence-corrected chi connectivity index (χ4v) is 0.696. The second-order valence-corrected chi connectivity index (χ2v) is 1.96. The molecule has 54 valence electrons. The SMILES string of the molecule is COc1nnc(N)cc1C. The van der Waals surface area contributed by atoms with Crippen molar-refractivity contribution in [2.45, 2.75) is 6.92 Å². The summed E-state index contributed by atoms with van der Waals surface area (Å²) in [5.41, 5.74) is 6.25. The van der Waals surface area contributed by atoms with Crippen molar-refractivity contribution in [1.82, 2.24) is 10.2 Å². The molecule has 0 aromatic carbocycles. The molecule has 0 bridgehead atoms. The van der Waals surface area contributed by atoms with E-state index >= 15 is 0 Å². The molecular formula is C6H9N3O. The zero-order valence-electron chi connectivity index (χ0n) is 5.96. The van der Waals surface area contributed by atoms with Crippen LogP contribution in [0.3, 0.4) is 0 Å². The number of hydrogen-bond acceptors (Lipinski definition) is 4. The molecule has 0 unspecified atom stereocenters. The molecule has 0 amide bonds. The molecule has 0 aliphatic carbocycles. The molecule has 0 aliphatic heterocycles. The van der Waals surface area contributed by atoms with Crippen LogP contribution in [0, 0.1) is 6.92 Å². The summed E-state index contributed by atoms with van der Waals surface area (Å²) in [4.78, 5) is 0. The van der Waals surface area contributed by atoms with Gasteiger partial charge in [-0.15, -0.1) is 10.2 Å². The van der Waals surface area contributed by atoms with Gasteiger partial charge >= 0.3 is 0 Å². The zero-order chi connectivity index (χ0) is 7.56. The molecule has 4 heteroatoms. The smallest absolute Gasteiger partial charge is 0.236 e. The van der Waals surface area contributed by atoms with Gasteiger partial charge in [0, 0.05) is 5.56 Å². The summed E-state index contributed by atoms with van der Waals surface area (Å²) in [7, 11) is 1.55. The summed E-state index contributed by atoms with van der Waals surface area (Å²) in [6.07, 6.45) is 0. The standard InChI is InChI=1S/C6H9N3O/c1-4-3-5(7)8-9-6(4)10-2/h3H,1-2H3,(H2,7,8). The number of hydrogen-bond donors (Lipinski definition) is 1. The van der Waals surface area contributed by atoms with Crippen molar-refractivity contribution in [3.8, 4) is 5.88 Å². The van der Waals surface area contributed by atoms with Gasteiger partial charge in [-0.3, -0.25) is 0 Å². The number of aromatic nitrogens is 2. The van der Waals surface area contributed by atoms with Crippen molar-refractivity contribution in [2.75, 3.05) is 12.8 Å². The summed E-state index contributed by atoms with van der Waals surface area (Å²) < 4.78 is 4.87. The van der Waals surface area contributed by atoms with Gasteiger partial charge in [0.15, 0.2) is 0 Å². The second kappa shape index (κ2) is 2.51. The highest BCUT2D eigenvalue weighted by Gasteiger charge is 1.98. The monoisotopic (exact) mass is 139 g/mol. The van der Waals surface area contributed by atoms with Crippen LogP contribution in [0.15, 0.2) is 6.07 Å². The van der Waals surface area contributed by atoms with Crippen LogP contribution in [0.2, 0.25) is 0 Å². The number of nitrogens with zero attached hydrogens (tertiary/aromatic N) is 2. The van der Waals surface area contributed by atoms with Gasteiger partial charge in [0.1, 0.15) is 5.82 Å². The maximum absolute atomic E-state index is 5.35. The average Bonchev–Trinajstić information content (AvgIpc) is 1.88. The van der Waals surface area contributed by atoms with Crippen molar-refractivity contribution in [1.29, 1.82) is 0 Å². The fourth-order valence-electron chi connectivity index (χ4n) is 0.696. The third-order valence-corrected chi connectivity index (χ3v) is 1.15. The minimum Gasteiger partial charge on any atom is -0.480 e. The largest absolute Gasteiger partial charge is 0.480 e. The van der Waals surface area contributed by atoms with Gasteiger partial charge in [0.2, 0.25) is 5.88 Å². The van der Waals surface area contributed by atoms with Crippen LogP contribution < -0.4 is 10.5 Å². The first kappa shape index (κ1) is 6.80. The Morgan fingerprint density at radius 2 is 2.20 bits per heavy atom. The zero-order valence-corrected chi connectivity index (χ0v) is 5.96. The molecule has 0 fully saturated rings. The Kier molecular flexibility index (Phi) is 1.71. The van der Waals surface area contributed by atoms with Gasteiger partial charge in [-0.05, 0) is 13.0 Å². The first-order valence-electron chi connectivity index (χ1n) is 2.88. The number of anilines is 1. The van der Waals surface area contributed by atoms with Gasteiger partial charge < -0.3 is 10.5 Å². The molecule has 1 aromatic rings. The lowest BCUT2D eigenvalue weighted by molar-refractivity contribution is 0.389. The van der Waals surface area contributed by atoms with Crippen LogP contribution >= 0.6 is 0 Å². The van der Waals surface area contributed by atoms with E-state index in [0.29, 0.717) is 11.7 Å². The molecule has 0 atom stereocenters. The highest BCUT2D eigenvalue weighted by atomic mass is 16.5. The number of rotatable bonds is 1. The first-order chi connectivity index (χ1) is 4.74. The van der Waals surface area contributed by atoms with E-state index < -0.39 is 0 Å². The highest BCUT2D eigenvalue weighted by molar-refractivity contribution is 5.34. The summed E-state index contributed by atoms with van der Waals surface area (Å²) in [6.45, 7) is 1.86. The minimum atomic E-state index is 0.415. The Labute approximate surface area is 59.0 Å². The maximum atomic E-state index is 5.35. The van der Waals surface area contributed by atoms with Crippen molar-refractivity contribution >= 4 is 5.82 Å². The van der Waals surface area contributed by atoms with Crippen LogP contribution in [0.4, 0.5) is 5.82 Å². The average molecular weight is 139 g/mol. The van der Waals surface area contributed by atoms with Crippen LogP contribution in [0.1, 0.15) is 5.56 Å². The number of aryl methyl sites for hydroxylation is 1. The predicted molar refractivity (Wildman–Crippen MR) is 37.7 cm³/mol. The molecule has 0 saturated carbocycles. The first-order valence-corrected chi connectivity index (χ1v) is 2.88. The Bertz CT molecular complexity index is 236. The molecule has 1 heterocycles.